The lowest BCUT2D eigenvalue weighted by molar-refractivity contribution is -0.110. The molecule has 12 heteroatoms. The molecule has 2 heterocycles. The summed E-state index contributed by atoms with van der Waals surface area (Å²) >= 11 is 1.33. The predicted molar refractivity (Wildman–Crippen MR) is 127 cm³/mol. The van der Waals surface area contributed by atoms with E-state index < -0.39 is 22.0 Å². The van der Waals surface area contributed by atoms with E-state index in [0.717, 1.165) is 4.88 Å². The highest BCUT2D eigenvalue weighted by Crippen LogP contribution is 2.23. The molecular formula is C22H28N4O6S2. The van der Waals surface area contributed by atoms with Gasteiger partial charge in [-0.05, 0) is 44.7 Å². The molecule has 0 bridgehead atoms. The summed E-state index contributed by atoms with van der Waals surface area (Å²) in [4.78, 5) is 23.7. The van der Waals surface area contributed by atoms with Gasteiger partial charge in [-0.1, -0.05) is 17.3 Å². The number of sulfonamides is 1. The van der Waals surface area contributed by atoms with Gasteiger partial charge in [-0.25, -0.2) is 18.1 Å². The summed E-state index contributed by atoms with van der Waals surface area (Å²) in [6.45, 7) is 2.93. The standard InChI is InChI=1S/C22H28N4O6S2/c1-14-13-23-22(33-14)24-21(28)20(25-32-18-5-4-17(27)12-18)15-2-6-19(7-3-15)34(29,30)26-16-8-10-31-11-9-16/h2-3,6-7,13,16-18,26-27H,4-5,8-12H2,1H3,(H,23,24,28)/b25-20+/t17-,18-/m1/s1. The van der Waals surface area contributed by atoms with Crippen molar-refractivity contribution in [3.63, 3.8) is 0 Å². The second kappa shape index (κ2) is 10.9. The van der Waals surface area contributed by atoms with E-state index in [1.807, 2.05) is 6.92 Å². The highest BCUT2D eigenvalue weighted by atomic mass is 32.2. The van der Waals surface area contributed by atoms with Crippen molar-refractivity contribution in [2.24, 2.45) is 5.16 Å². The molecule has 0 spiro atoms. The number of aliphatic hydroxyl groups excluding tert-OH is 1. The highest BCUT2D eigenvalue weighted by molar-refractivity contribution is 7.89. The second-order valence-corrected chi connectivity index (χ2v) is 11.3. The first kappa shape index (κ1) is 24.7. The van der Waals surface area contributed by atoms with Crippen LogP contribution in [0.2, 0.25) is 0 Å². The molecule has 3 N–H and O–H groups in total. The van der Waals surface area contributed by atoms with Crippen LogP contribution < -0.4 is 10.0 Å². The number of aliphatic hydroxyl groups is 1. The molecule has 1 saturated heterocycles. The molecule has 1 amide bonds. The van der Waals surface area contributed by atoms with Gasteiger partial charge in [0.05, 0.1) is 11.0 Å². The zero-order valence-corrected chi connectivity index (χ0v) is 20.4. The minimum absolute atomic E-state index is 0.00409. The zero-order chi connectivity index (χ0) is 24.1. The molecule has 1 aromatic heterocycles. The third-order valence-electron chi connectivity index (χ3n) is 5.69. The smallest absolute Gasteiger partial charge is 0.280 e. The Morgan fingerprint density at radius 3 is 2.56 bits per heavy atom. The number of rotatable bonds is 8. The Hall–Kier alpha value is -2.38. The van der Waals surface area contributed by atoms with Crippen LogP contribution in [0.15, 0.2) is 40.5 Å². The van der Waals surface area contributed by atoms with E-state index in [9.17, 15) is 18.3 Å². The van der Waals surface area contributed by atoms with Crippen molar-refractivity contribution in [1.29, 1.82) is 0 Å². The second-order valence-electron chi connectivity index (χ2n) is 8.40. The summed E-state index contributed by atoms with van der Waals surface area (Å²) < 4.78 is 33.5. The fourth-order valence-corrected chi connectivity index (χ4v) is 5.79. The molecule has 2 fully saturated rings. The lowest BCUT2D eigenvalue weighted by atomic mass is 10.1. The Kier molecular flexibility index (Phi) is 7.94. The fourth-order valence-electron chi connectivity index (χ4n) is 3.83. The summed E-state index contributed by atoms with van der Waals surface area (Å²) in [6, 6.07) is 5.76. The van der Waals surface area contributed by atoms with Crippen molar-refractivity contribution in [2.45, 2.75) is 62.2 Å². The van der Waals surface area contributed by atoms with Crippen molar-refractivity contribution < 1.29 is 27.9 Å². The van der Waals surface area contributed by atoms with Crippen LogP contribution in [0.4, 0.5) is 5.13 Å². The highest BCUT2D eigenvalue weighted by Gasteiger charge is 2.26. The summed E-state index contributed by atoms with van der Waals surface area (Å²) in [7, 11) is -3.71. The maximum absolute atomic E-state index is 13.0. The van der Waals surface area contributed by atoms with Crippen LogP contribution in [0, 0.1) is 6.92 Å². The average molecular weight is 509 g/mol. The number of nitrogens with zero attached hydrogens (tertiary/aromatic N) is 2. The number of hydrogen-bond donors (Lipinski definition) is 3. The van der Waals surface area contributed by atoms with E-state index in [-0.39, 0.29) is 22.8 Å². The lowest BCUT2D eigenvalue weighted by Gasteiger charge is -2.23. The minimum Gasteiger partial charge on any atom is -0.393 e. The molecule has 4 rings (SSSR count). The molecule has 1 aliphatic carbocycles. The topological polar surface area (TPSA) is 139 Å². The van der Waals surface area contributed by atoms with Crippen molar-refractivity contribution in [3.05, 3.63) is 40.9 Å². The van der Waals surface area contributed by atoms with Gasteiger partial charge in [-0.2, -0.15) is 0 Å². The van der Waals surface area contributed by atoms with Gasteiger partial charge in [-0.3, -0.25) is 10.1 Å². The normalized spacial score (nSPS) is 22.0. The predicted octanol–water partition coefficient (Wildman–Crippen LogP) is 2.18. The Morgan fingerprint density at radius 2 is 1.94 bits per heavy atom. The number of hydrogen-bond acceptors (Lipinski definition) is 9. The monoisotopic (exact) mass is 508 g/mol. The fraction of sp³-hybridized carbons (Fsp3) is 0.500. The molecular weight excluding hydrogens is 480 g/mol. The Bertz CT molecular complexity index is 1130. The van der Waals surface area contributed by atoms with Gasteiger partial charge < -0.3 is 14.7 Å². The molecule has 2 aliphatic rings. The SMILES string of the molecule is Cc1cnc(NC(=O)/C(=N/O[C@@H]2CC[C@@H](O)C2)c2ccc(S(=O)(=O)NC3CCOCC3)cc2)s1. The van der Waals surface area contributed by atoms with Crippen LogP contribution in [-0.4, -0.2) is 61.6 Å². The van der Waals surface area contributed by atoms with Crippen molar-refractivity contribution in [3.8, 4) is 0 Å². The molecule has 0 radical (unpaired) electrons. The van der Waals surface area contributed by atoms with Gasteiger partial charge in [-0.15, -0.1) is 11.3 Å². The Labute approximate surface area is 202 Å². The van der Waals surface area contributed by atoms with Gasteiger partial charge in [0.25, 0.3) is 5.91 Å². The quantitative estimate of drug-likeness (QED) is 0.367. The molecule has 10 nitrogen and oxygen atoms in total. The first-order valence-corrected chi connectivity index (χ1v) is 13.5. The number of carbonyl (C=O) groups is 1. The van der Waals surface area contributed by atoms with Gasteiger partial charge in [0, 0.05) is 42.3 Å². The number of carbonyl (C=O) groups excluding carboxylic acids is 1. The Morgan fingerprint density at radius 1 is 1.21 bits per heavy atom. The van der Waals surface area contributed by atoms with Crippen molar-refractivity contribution >= 4 is 38.1 Å². The van der Waals surface area contributed by atoms with Crippen molar-refractivity contribution in [2.75, 3.05) is 18.5 Å². The van der Waals surface area contributed by atoms with Crippen LogP contribution in [-0.2, 0) is 24.4 Å². The lowest BCUT2D eigenvalue weighted by Crippen LogP contribution is -2.38. The number of aryl methyl sites for hydroxylation is 1. The molecule has 1 aromatic carbocycles. The van der Waals surface area contributed by atoms with E-state index in [2.05, 4.69) is 20.2 Å². The number of oxime groups is 1. The summed E-state index contributed by atoms with van der Waals surface area (Å²) in [5, 5.41) is 17.0. The maximum Gasteiger partial charge on any atom is 0.280 e. The molecule has 0 unspecified atom stereocenters. The first-order chi connectivity index (χ1) is 16.3. The van der Waals surface area contributed by atoms with E-state index >= 15 is 0 Å². The number of benzene rings is 1. The van der Waals surface area contributed by atoms with Crippen LogP contribution in [0.25, 0.3) is 0 Å². The number of ether oxygens (including phenoxy) is 1. The van der Waals surface area contributed by atoms with E-state index in [1.54, 1.807) is 6.20 Å². The van der Waals surface area contributed by atoms with E-state index in [0.29, 0.717) is 56.0 Å². The van der Waals surface area contributed by atoms with Crippen molar-refractivity contribution in [1.82, 2.24) is 9.71 Å². The number of aromatic nitrogens is 1. The summed E-state index contributed by atoms with van der Waals surface area (Å²) in [5.41, 5.74) is 0.393. The third-order valence-corrected chi connectivity index (χ3v) is 8.05. The molecule has 1 saturated carbocycles. The van der Waals surface area contributed by atoms with Gasteiger partial charge >= 0.3 is 0 Å². The Balaban J connectivity index is 1.53. The van der Waals surface area contributed by atoms with Gasteiger partial charge in [0.1, 0.15) is 6.10 Å². The van der Waals surface area contributed by atoms with E-state index in [4.69, 9.17) is 9.57 Å². The molecule has 184 valence electrons. The molecule has 2 atom stereocenters. The molecule has 34 heavy (non-hydrogen) atoms. The van der Waals surface area contributed by atoms with Crippen LogP contribution in [0.5, 0.6) is 0 Å². The molecule has 2 aromatic rings. The largest absolute Gasteiger partial charge is 0.393 e. The van der Waals surface area contributed by atoms with Gasteiger partial charge in [0.2, 0.25) is 10.0 Å². The van der Waals surface area contributed by atoms with Crippen LogP contribution >= 0.6 is 11.3 Å². The maximum atomic E-state index is 13.0. The summed E-state index contributed by atoms with van der Waals surface area (Å²) in [5.74, 6) is -0.524. The number of amides is 1. The zero-order valence-electron chi connectivity index (χ0n) is 18.8. The number of nitrogens with one attached hydrogen (secondary N) is 2. The van der Waals surface area contributed by atoms with Crippen LogP contribution in [0.3, 0.4) is 0 Å². The van der Waals surface area contributed by atoms with E-state index in [1.165, 1.54) is 35.6 Å². The minimum atomic E-state index is -3.71. The summed E-state index contributed by atoms with van der Waals surface area (Å²) in [6.07, 6.45) is 3.87. The van der Waals surface area contributed by atoms with Crippen LogP contribution in [0.1, 0.15) is 42.5 Å². The number of thiazole rings is 1. The molecule has 1 aliphatic heterocycles. The third kappa shape index (κ3) is 6.39. The number of anilines is 1. The average Bonchev–Trinajstić information content (AvgIpc) is 3.42. The van der Waals surface area contributed by atoms with Gasteiger partial charge in [0.15, 0.2) is 10.8 Å². The first-order valence-electron chi connectivity index (χ1n) is 11.2.